The van der Waals surface area contributed by atoms with Crippen molar-refractivity contribution in [2.45, 2.75) is 283 Å². The van der Waals surface area contributed by atoms with E-state index in [1.54, 1.807) is 6.08 Å². The molecule has 0 fully saturated rings. The summed E-state index contributed by atoms with van der Waals surface area (Å²) in [5.41, 5.74) is 0. The molecule has 0 heterocycles. The monoisotopic (exact) mass is 890 g/mol. The number of allylic oxidation sites excluding steroid dienone is 13. The number of hydrogen-bond acceptors (Lipinski definition) is 3. The molecular formula is C60H107NO3. The first-order chi connectivity index (χ1) is 31.7. The number of rotatable bonds is 50. The molecule has 0 aromatic carbocycles. The minimum Gasteiger partial charge on any atom is -0.394 e. The van der Waals surface area contributed by atoms with Crippen molar-refractivity contribution in [2.24, 2.45) is 0 Å². The molecule has 0 saturated heterocycles. The Labute approximate surface area is 399 Å². The molecule has 1 amide bonds. The van der Waals surface area contributed by atoms with Gasteiger partial charge in [-0.3, -0.25) is 4.79 Å². The SMILES string of the molecule is CC/C=C\C/C=C\C/C=C\C/C=C\CCCCCCCCCCCCCCCCCCCCC(=O)NC(CO)C(O)/C=C/CC/C=C/CC/C=C/CCCCCCCCCCCCC. The number of aliphatic hydroxyl groups excluding tert-OH is 2. The summed E-state index contributed by atoms with van der Waals surface area (Å²) in [6.45, 7) is 4.19. The van der Waals surface area contributed by atoms with Crippen molar-refractivity contribution in [2.75, 3.05) is 6.61 Å². The van der Waals surface area contributed by atoms with Gasteiger partial charge in [-0.1, -0.05) is 266 Å². The second-order valence-electron chi connectivity index (χ2n) is 18.6. The molecule has 0 spiro atoms. The van der Waals surface area contributed by atoms with Gasteiger partial charge in [0.25, 0.3) is 0 Å². The minimum atomic E-state index is -0.873. The highest BCUT2D eigenvalue weighted by atomic mass is 16.3. The predicted molar refractivity (Wildman–Crippen MR) is 285 cm³/mol. The molecule has 0 aliphatic carbocycles. The second-order valence-corrected chi connectivity index (χ2v) is 18.6. The zero-order chi connectivity index (χ0) is 46.3. The lowest BCUT2D eigenvalue weighted by molar-refractivity contribution is -0.123. The molecule has 4 nitrogen and oxygen atoms in total. The number of carbonyl (C=O) groups is 1. The lowest BCUT2D eigenvalue weighted by atomic mass is 10.0. The summed E-state index contributed by atoms with van der Waals surface area (Å²) in [4.78, 5) is 12.5. The Kier molecular flexibility index (Phi) is 52.8. The van der Waals surface area contributed by atoms with Crippen LogP contribution in [0.1, 0.15) is 271 Å². The van der Waals surface area contributed by atoms with E-state index in [2.05, 4.69) is 92.1 Å². The molecule has 0 bridgehead atoms. The molecule has 370 valence electrons. The van der Waals surface area contributed by atoms with Gasteiger partial charge in [0, 0.05) is 6.42 Å². The van der Waals surface area contributed by atoms with Crippen molar-refractivity contribution < 1.29 is 15.0 Å². The van der Waals surface area contributed by atoms with Gasteiger partial charge in [0.15, 0.2) is 0 Å². The fraction of sp³-hybridized carbons (Fsp3) is 0.750. The van der Waals surface area contributed by atoms with E-state index in [0.29, 0.717) is 6.42 Å². The summed E-state index contributed by atoms with van der Waals surface area (Å²) >= 11 is 0. The van der Waals surface area contributed by atoms with E-state index in [-0.39, 0.29) is 12.5 Å². The number of hydrogen-bond donors (Lipinski definition) is 3. The third kappa shape index (κ3) is 50.6. The average Bonchev–Trinajstić information content (AvgIpc) is 3.30. The van der Waals surface area contributed by atoms with Crippen LogP contribution >= 0.6 is 0 Å². The van der Waals surface area contributed by atoms with Crippen LogP contribution in [0, 0.1) is 0 Å². The summed E-state index contributed by atoms with van der Waals surface area (Å²) in [6.07, 6.45) is 80.3. The maximum absolute atomic E-state index is 12.5. The maximum Gasteiger partial charge on any atom is 0.220 e. The highest BCUT2D eigenvalue weighted by Gasteiger charge is 2.17. The van der Waals surface area contributed by atoms with Crippen LogP contribution in [0.5, 0.6) is 0 Å². The number of aliphatic hydroxyl groups is 2. The summed E-state index contributed by atoms with van der Waals surface area (Å²) in [5.74, 6) is -0.0773. The summed E-state index contributed by atoms with van der Waals surface area (Å²) < 4.78 is 0. The van der Waals surface area contributed by atoms with Crippen LogP contribution in [0.3, 0.4) is 0 Å². The Morgan fingerprint density at radius 2 is 0.703 bits per heavy atom. The minimum absolute atomic E-state index is 0.0773. The standard InChI is InChI=1S/C60H107NO3/c1-3-5-7-9-11-13-15-17-19-21-23-25-26-27-28-29-30-31-32-33-34-36-38-40-42-44-46-48-50-52-54-56-60(64)61-58(57-62)59(63)55-53-51-49-47-45-43-41-39-37-35-24-22-20-18-16-14-12-10-8-6-4-2/h5,7,11,13,17,19,23,25,37,39,45,47,53,55,58-59,62-63H,3-4,6,8-10,12,14-16,18,20-22,24,26-36,38,40-44,46,48-52,54,56-57H2,1-2H3,(H,61,64)/b7-5-,13-11-,19-17-,25-23-,39-37+,47-45+,55-53+. The smallest absolute Gasteiger partial charge is 0.220 e. The van der Waals surface area contributed by atoms with Gasteiger partial charge in [-0.25, -0.2) is 0 Å². The van der Waals surface area contributed by atoms with Crippen molar-refractivity contribution in [3.8, 4) is 0 Å². The van der Waals surface area contributed by atoms with Crippen LogP contribution in [-0.4, -0.2) is 34.9 Å². The van der Waals surface area contributed by atoms with Crippen LogP contribution in [0.2, 0.25) is 0 Å². The van der Waals surface area contributed by atoms with E-state index in [4.69, 9.17) is 0 Å². The first-order valence-electron chi connectivity index (χ1n) is 27.8. The van der Waals surface area contributed by atoms with Gasteiger partial charge in [0.2, 0.25) is 5.91 Å². The number of amides is 1. The van der Waals surface area contributed by atoms with Crippen LogP contribution < -0.4 is 5.32 Å². The Morgan fingerprint density at radius 3 is 1.09 bits per heavy atom. The fourth-order valence-corrected chi connectivity index (χ4v) is 8.14. The van der Waals surface area contributed by atoms with E-state index in [0.717, 1.165) is 64.2 Å². The zero-order valence-corrected chi connectivity index (χ0v) is 42.5. The third-order valence-corrected chi connectivity index (χ3v) is 12.3. The molecule has 0 aliphatic rings. The van der Waals surface area contributed by atoms with Crippen LogP contribution in [0.15, 0.2) is 85.1 Å². The topological polar surface area (TPSA) is 69.6 Å². The highest BCUT2D eigenvalue weighted by molar-refractivity contribution is 5.76. The molecular weight excluding hydrogens is 783 g/mol. The first-order valence-corrected chi connectivity index (χ1v) is 27.8. The fourth-order valence-electron chi connectivity index (χ4n) is 8.14. The molecule has 2 atom stereocenters. The Bertz CT molecular complexity index is 1150. The highest BCUT2D eigenvalue weighted by Crippen LogP contribution is 2.16. The molecule has 0 saturated carbocycles. The van der Waals surface area contributed by atoms with E-state index >= 15 is 0 Å². The number of unbranched alkanes of at least 4 members (excludes halogenated alkanes) is 31. The summed E-state index contributed by atoms with van der Waals surface area (Å²) in [6, 6.07) is -0.649. The lowest BCUT2D eigenvalue weighted by Gasteiger charge is -2.19. The van der Waals surface area contributed by atoms with Crippen molar-refractivity contribution in [3.63, 3.8) is 0 Å². The average molecular weight is 891 g/mol. The first kappa shape index (κ1) is 61.6. The predicted octanol–water partition coefficient (Wildman–Crippen LogP) is 18.4. The number of carbonyl (C=O) groups excluding carboxylic acids is 1. The van der Waals surface area contributed by atoms with Gasteiger partial charge in [0.05, 0.1) is 18.8 Å². The molecule has 0 rings (SSSR count). The van der Waals surface area contributed by atoms with E-state index in [1.807, 2.05) is 6.08 Å². The molecule has 4 heteroatoms. The van der Waals surface area contributed by atoms with Crippen LogP contribution in [0.25, 0.3) is 0 Å². The van der Waals surface area contributed by atoms with E-state index in [9.17, 15) is 15.0 Å². The lowest BCUT2D eigenvalue weighted by Crippen LogP contribution is -2.45. The van der Waals surface area contributed by atoms with Crippen molar-refractivity contribution in [1.82, 2.24) is 5.32 Å². The largest absolute Gasteiger partial charge is 0.394 e. The molecule has 0 aromatic heterocycles. The zero-order valence-electron chi connectivity index (χ0n) is 42.5. The van der Waals surface area contributed by atoms with Crippen molar-refractivity contribution in [3.05, 3.63) is 85.1 Å². The summed E-state index contributed by atoms with van der Waals surface area (Å²) in [5, 5.41) is 23.1. The van der Waals surface area contributed by atoms with Gasteiger partial charge in [-0.15, -0.1) is 0 Å². The van der Waals surface area contributed by atoms with E-state index in [1.165, 1.54) is 186 Å². The number of nitrogens with one attached hydrogen (secondary N) is 1. The Morgan fingerprint density at radius 1 is 0.391 bits per heavy atom. The molecule has 2 unspecified atom stereocenters. The summed E-state index contributed by atoms with van der Waals surface area (Å²) in [7, 11) is 0. The third-order valence-electron chi connectivity index (χ3n) is 12.3. The van der Waals surface area contributed by atoms with Gasteiger partial charge >= 0.3 is 0 Å². The molecule has 0 aromatic rings. The van der Waals surface area contributed by atoms with E-state index < -0.39 is 12.1 Å². The molecule has 64 heavy (non-hydrogen) atoms. The molecule has 0 radical (unpaired) electrons. The van der Waals surface area contributed by atoms with Gasteiger partial charge < -0.3 is 15.5 Å². The van der Waals surface area contributed by atoms with Crippen molar-refractivity contribution >= 4 is 5.91 Å². The van der Waals surface area contributed by atoms with Gasteiger partial charge in [-0.2, -0.15) is 0 Å². The molecule has 0 aliphatic heterocycles. The van der Waals surface area contributed by atoms with Gasteiger partial charge in [0.1, 0.15) is 0 Å². The Balaban J connectivity index is 3.54. The van der Waals surface area contributed by atoms with Gasteiger partial charge in [-0.05, 0) is 83.5 Å². The van der Waals surface area contributed by atoms with Crippen LogP contribution in [0.4, 0.5) is 0 Å². The quantitative estimate of drug-likeness (QED) is 0.0421. The Hall–Kier alpha value is -2.43. The second kappa shape index (κ2) is 54.9. The van der Waals surface area contributed by atoms with Crippen molar-refractivity contribution in [1.29, 1.82) is 0 Å². The maximum atomic E-state index is 12.5. The normalized spacial score (nSPS) is 13.5. The van der Waals surface area contributed by atoms with Crippen LogP contribution in [-0.2, 0) is 4.79 Å². The molecule has 3 N–H and O–H groups in total.